The molecule has 7 nitrogen and oxygen atoms in total. The molecule has 1 atom stereocenters. The van der Waals surface area contributed by atoms with Crippen molar-refractivity contribution in [3.8, 4) is 11.5 Å². The number of carbonyl (C=O) groups is 2. The lowest BCUT2D eigenvalue weighted by atomic mass is 9.98. The molecule has 0 spiro atoms. The van der Waals surface area contributed by atoms with Gasteiger partial charge in [-0.2, -0.15) is 0 Å². The summed E-state index contributed by atoms with van der Waals surface area (Å²) in [6.07, 6.45) is 0.0235. The SMILES string of the molecule is CC(C)(C)OC(=O)C(Cc1ccc(O)c(OCc2ccccc2)c1)C(=O)OCN. The molecule has 0 bridgehead atoms. The minimum atomic E-state index is -1.18. The summed E-state index contributed by atoms with van der Waals surface area (Å²) in [7, 11) is 0. The van der Waals surface area contributed by atoms with Crippen molar-refractivity contribution in [3.63, 3.8) is 0 Å². The van der Waals surface area contributed by atoms with E-state index in [2.05, 4.69) is 0 Å². The van der Waals surface area contributed by atoms with Gasteiger partial charge in [-0.15, -0.1) is 0 Å². The molecule has 29 heavy (non-hydrogen) atoms. The first-order valence-electron chi connectivity index (χ1n) is 9.28. The maximum Gasteiger partial charge on any atom is 0.321 e. The fourth-order valence-corrected chi connectivity index (χ4v) is 2.59. The van der Waals surface area contributed by atoms with E-state index < -0.39 is 23.5 Å². The molecular weight excluding hydrogens is 374 g/mol. The van der Waals surface area contributed by atoms with Crippen LogP contribution in [0.4, 0.5) is 0 Å². The molecule has 0 aliphatic rings. The molecule has 0 heterocycles. The smallest absolute Gasteiger partial charge is 0.321 e. The van der Waals surface area contributed by atoms with Crippen LogP contribution in [0.5, 0.6) is 11.5 Å². The average Bonchev–Trinajstić information content (AvgIpc) is 2.65. The number of hydrogen-bond donors (Lipinski definition) is 2. The second-order valence-electron chi connectivity index (χ2n) is 7.50. The van der Waals surface area contributed by atoms with Crippen LogP contribution in [0.2, 0.25) is 0 Å². The molecule has 0 saturated heterocycles. The van der Waals surface area contributed by atoms with Gasteiger partial charge in [0.1, 0.15) is 18.9 Å². The first kappa shape index (κ1) is 22.2. The molecular formula is C22H27NO6. The first-order chi connectivity index (χ1) is 13.7. The van der Waals surface area contributed by atoms with Gasteiger partial charge in [0.05, 0.1) is 0 Å². The Balaban J connectivity index is 2.17. The molecule has 0 saturated carbocycles. The summed E-state index contributed by atoms with van der Waals surface area (Å²) in [4.78, 5) is 24.8. The maximum atomic E-state index is 12.5. The Morgan fingerprint density at radius 3 is 2.34 bits per heavy atom. The van der Waals surface area contributed by atoms with Gasteiger partial charge in [-0.3, -0.25) is 15.3 Å². The third-order valence-electron chi connectivity index (χ3n) is 3.90. The number of rotatable bonds is 8. The fourth-order valence-electron chi connectivity index (χ4n) is 2.59. The van der Waals surface area contributed by atoms with E-state index in [9.17, 15) is 14.7 Å². The summed E-state index contributed by atoms with van der Waals surface area (Å²) in [5.41, 5.74) is 6.07. The zero-order valence-corrected chi connectivity index (χ0v) is 16.9. The zero-order chi connectivity index (χ0) is 21.4. The van der Waals surface area contributed by atoms with Gasteiger partial charge in [0.25, 0.3) is 0 Å². The summed E-state index contributed by atoms with van der Waals surface area (Å²) in [6, 6.07) is 14.1. The second-order valence-corrected chi connectivity index (χ2v) is 7.50. The number of hydrogen-bond acceptors (Lipinski definition) is 7. The number of phenols is 1. The molecule has 1 unspecified atom stereocenters. The predicted octanol–water partition coefficient (Wildman–Crippen LogP) is 2.93. The van der Waals surface area contributed by atoms with Crippen LogP contribution in [0.25, 0.3) is 0 Å². The number of nitrogens with two attached hydrogens (primary N) is 1. The molecule has 0 aromatic heterocycles. The summed E-state index contributed by atoms with van der Waals surface area (Å²) in [5.74, 6) is -2.42. The highest BCUT2D eigenvalue weighted by molar-refractivity contribution is 5.95. The van der Waals surface area contributed by atoms with Crippen molar-refractivity contribution < 1.29 is 28.9 Å². The maximum absolute atomic E-state index is 12.5. The van der Waals surface area contributed by atoms with E-state index in [1.165, 1.54) is 6.07 Å². The Morgan fingerprint density at radius 1 is 1.03 bits per heavy atom. The standard InChI is InChI=1S/C22H27NO6/c1-22(2,3)29-21(26)17(20(25)28-14-23)11-16-9-10-18(24)19(12-16)27-13-15-7-5-4-6-8-15/h4-10,12,17,24H,11,13-14,23H2,1-3H3. The fraction of sp³-hybridized carbons (Fsp3) is 0.364. The summed E-state index contributed by atoms with van der Waals surface area (Å²) < 4.78 is 15.9. The molecule has 0 fully saturated rings. The molecule has 3 N–H and O–H groups in total. The minimum absolute atomic E-state index is 0.0235. The van der Waals surface area contributed by atoms with Crippen LogP contribution in [0.1, 0.15) is 31.9 Å². The number of ether oxygens (including phenoxy) is 3. The first-order valence-corrected chi connectivity index (χ1v) is 9.28. The quantitative estimate of drug-likeness (QED) is 0.398. The van der Waals surface area contributed by atoms with Crippen LogP contribution < -0.4 is 10.5 Å². The third-order valence-corrected chi connectivity index (χ3v) is 3.90. The van der Waals surface area contributed by atoms with E-state index >= 15 is 0 Å². The lowest BCUT2D eigenvalue weighted by Gasteiger charge is -2.23. The zero-order valence-electron chi connectivity index (χ0n) is 16.9. The van der Waals surface area contributed by atoms with E-state index in [4.69, 9.17) is 19.9 Å². The van der Waals surface area contributed by atoms with E-state index in [-0.39, 0.29) is 31.3 Å². The van der Waals surface area contributed by atoms with Crippen molar-refractivity contribution in [1.29, 1.82) is 0 Å². The molecule has 2 aromatic rings. The molecule has 0 amide bonds. The van der Waals surface area contributed by atoms with E-state index in [1.807, 2.05) is 30.3 Å². The van der Waals surface area contributed by atoms with Gasteiger partial charge in [-0.1, -0.05) is 36.4 Å². The number of benzene rings is 2. The molecule has 0 radical (unpaired) electrons. The Hall–Kier alpha value is -3.06. The van der Waals surface area contributed by atoms with E-state index in [1.54, 1.807) is 32.9 Å². The van der Waals surface area contributed by atoms with Crippen LogP contribution in [0.15, 0.2) is 48.5 Å². The van der Waals surface area contributed by atoms with E-state index in [0.29, 0.717) is 5.56 Å². The Morgan fingerprint density at radius 2 is 1.72 bits per heavy atom. The van der Waals surface area contributed by atoms with Crippen LogP contribution >= 0.6 is 0 Å². The predicted molar refractivity (Wildman–Crippen MR) is 107 cm³/mol. The van der Waals surface area contributed by atoms with Crippen molar-refractivity contribution in [3.05, 3.63) is 59.7 Å². The highest BCUT2D eigenvalue weighted by atomic mass is 16.6. The monoisotopic (exact) mass is 401 g/mol. The lowest BCUT2D eigenvalue weighted by molar-refractivity contribution is -0.169. The molecule has 2 aromatic carbocycles. The Kier molecular flexibility index (Phi) is 7.61. The second kappa shape index (κ2) is 9.93. The average molecular weight is 401 g/mol. The lowest BCUT2D eigenvalue weighted by Crippen LogP contribution is -2.35. The number of aromatic hydroxyl groups is 1. The van der Waals surface area contributed by atoms with Crippen molar-refractivity contribution in [2.45, 2.75) is 39.4 Å². The normalized spacial score (nSPS) is 12.1. The topological polar surface area (TPSA) is 108 Å². The summed E-state index contributed by atoms with van der Waals surface area (Å²) >= 11 is 0. The van der Waals surface area contributed by atoms with Gasteiger partial charge >= 0.3 is 11.9 Å². The molecule has 156 valence electrons. The van der Waals surface area contributed by atoms with Gasteiger partial charge < -0.3 is 19.3 Å². The number of phenolic OH excluding ortho intramolecular Hbond substituents is 1. The van der Waals surface area contributed by atoms with Gasteiger partial charge in [-0.25, -0.2) is 0 Å². The van der Waals surface area contributed by atoms with Crippen LogP contribution in [-0.2, 0) is 32.1 Å². The molecule has 0 aliphatic heterocycles. The molecule has 2 rings (SSSR count). The third kappa shape index (κ3) is 7.12. The van der Waals surface area contributed by atoms with Crippen molar-refractivity contribution >= 4 is 11.9 Å². The Bertz CT molecular complexity index is 829. The number of carbonyl (C=O) groups excluding carboxylic acids is 2. The number of esters is 2. The van der Waals surface area contributed by atoms with Gasteiger partial charge in [-0.05, 0) is 50.5 Å². The molecule has 0 aliphatic carbocycles. The van der Waals surface area contributed by atoms with Gasteiger partial charge in [0.2, 0.25) is 0 Å². The highest BCUT2D eigenvalue weighted by Gasteiger charge is 2.33. The minimum Gasteiger partial charge on any atom is -0.504 e. The van der Waals surface area contributed by atoms with E-state index in [0.717, 1.165) is 5.56 Å². The van der Waals surface area contributed by atoms with Crippen LogP contribution in [0, 0.1) is 5.92 Å². The van der Waals surface area contributed by atoms with Crippen molar-refractivity contribution in [1.82, 2.24) is 0 Å². The molecule has 7 heteroatoms. The van der Waals surface area contributed by atoms with Crippen LogP contribution in [-0.4, -0.2) is 29.4 Å². The van der Waals surface area contributed by atoms with Gasteiger partial charge in [0, 0.05) is 0 Å². The summed E-state index contributed by atoms with van der Waals surface area (Å²) in [5, 5.41) is 10.1. The largest absolute Gasteiger partial charge is 0.504 e. The summed E-state index contributed by atoms with van der Waals surface area (Å²) in [6.45, 7) is 5.08. The van der Waals surface area contributed by atoms with Crippen molar-refractivity contribution in [2.75, 3.05) is 6.73 Å². The van der Waals surface area contributed by atoms with Crippen LogP contribution in [0.3, 0.4) is 0 Å². The highest BCUT2D eigenvalue weighted by Crippen LogP contribution is 2.29. The van der Waals surface area contributed by atoms with Crippen molar-refractivity contribution in [2.24, 2.45) is 11.7 Å². The van der Waals surface area contributed by atoms with Gasteiger partial charge in [0.15, 0.2) is 17.4 Å². The Labute approximate surface area is 170 Å².